The fraction of sp³-hybridized carbons (Fsp3) is 0. The van der Waals surface area contributed by atoms with Gasteiger partial charge < -0.3 is 4.57 Å². The molecule has 0 aliphatic heterocycles. The molecule has 270 valence electrons. The highest BCUT2D eigenvalue weighted by Gasteiger charge is 2.29. The maximum absolute atomic E-state index is 15.0. The van der Waals surface area contributed by atoms with Gasteiger partial charge in [0.05, 0.1) is 11.6 Å². The van der Waals surface area contributed by atoms with E-state index >= 15 is 0 Å². The number of benzene rings is 8. The van der Waals surface area contributed by atoms with Gasteiger partial charge in [-0.15, -0.1) is 0 Å². The number of aromatic nitrogens is 3. The highest BCUT2D eigenvalue weighted by molar-refractivity contribution is 7.85. The van der Waals surface area contributed by atoms with Crippen LogP contribution in [0.2, 0.25) is 0 Å². The van der Waals surface area contributed by atoms with E-state index in [0.717, 1.165) is 60.1 Å². The van der Waals surface area contributed by atoms with Crippen LogP contribution in [0.4, 0.5) is 4.39 Å². The second-order valence-electron chi connectivity index (χ2n) is 13.6. The van der Waals surface area contributed by atoms with Crippen LogP contribution in [0.15, 0.2) is 194 Å². The molecule has 0 amide bonds. The number of hydrogen-bond acceptors (Lipinski definition) is 5. The van der Waals surface area contributed by atoms with E-state index in [1.165, 1.54) is 12.1 Å². The number of nitriles is 1. The Labute approximate surface area is 329 Å². The second-order valence-corrected chi connectivity index (χ2v) is 16.4. The Morgan fingerprint density at radius 2 is 0.754 bits per heavy atom. The van der Waals surface area contributed by atoms with Gasteiger partial charge in [-0.25, -0.2) is 19.3 Å². The van der Waals surface area contributed by atoms with Crippen LogP contribution in [-0.4, -0.2) is 15.0 Å². The molecule has 0 N–H and O–H groups in total. The maximum atomic E-state index is 15.0. The SMILES string of the molecule is N#Cc1ccc(-c2nc(-c3ccc(F)cc3)nc(-c3ccc(-c4ccc(-c5ccc(P(=O)(c6ccccc6)c6ccccc6)cc5)c5ccccc45)cc3)n2)cc1. The maximum Gasteiger partial charge on any atom is 0.171 e. The van der Waals surface area contributed by atoms with Gasteiger partial charge in [0.2, 0.25) is 0 Å². The Bertz CT molecular complexity index is 2920. The fourth-order valence-electron chi connectivity index (χ4n) is 7.23. The van der Waals surface area contributed by atoms with Crippen LogP contribution in [0.5, 0.6) is 0 Å². The molecule has 0 bridgehead atoms. The minimum absolute atomic E-state index is 0.344. The van der Waals surface area contributed by atoms with Crippen LogP contribution in [0, 0.1) is 17.1 Å². The Morgan fingerprint density at radius 1 is 0.404 bits per heavy atom. The van der Waals surface area contributed by atoms with Crippen LogP contribution in [-0.2, 0) is 4.57 Å². The van der Waals surface area contributed by atoms with Crippen molar-refractivity contribution in [1.82, 2.24) is 15.0 Å². The molecular weight excluding hydrogens is 723 g/mol. The zero-order valence-electron chi connectivity index (χ0n) is 30.5. The molecule has 8 aromatic carbocycles. The van der Waals surface area contributed by atoms with E-state index < -0.39 is 7.14 Å². The van der Waals surface area contributed by atoms with Crippen molar-refractivity contribution >= 4 is 33.8 Å². The van der Waals surface area contributed by atoms with Crippen molar-refractivity contribution in [2.75, 3.05) is 0 Å². The van der Waals surface area contributed by atoms with Crippen molar-refractivity contribution in [3.63, 3.8) is 0 Å². The van der Waals surface area contributed by atoms with Crippen molar-refractivity contribution in [2.24, 2.45) is 0 Å². The topological polar surface area (TPSA) is 79.5 Å². The molecule has 9 aromatic rings. The normalized spacial score (nSPS) is 11.3. The van der Waals surface area contributed by atoms with Crippen molar-refractivity contribution < 1.29 is 8.96 Å². The van der Waals surface area contributed by atoms with Gasteiger partial charge in [-0.3, -0.25) is 0 Å². The van der Waals surface area contributed by atoms with Crippen molar-refractivity contribution in [3.05, 3.63) is 206 Å². The number of halogens is 1. The van der Waals surface area contributed by atoms with Gasteiger partial charge in [0, 0.05) is 32.6 Å². The lowest BCUT2D eigenvalue weighted by molar-refractivity contribution is 0.592. The van der Waals surface area contributed by atoms with Crippen molar-refractivity contribution in [1.29, 1.82) is 5.26 Å². The summed E-state index contributed by atoms with van der Waals surface area (Å²) in [4.78, 5) is 14.3. The zero-order chi connectivity index (χ0) is 38.8. The summed E-state index contributed by atoms with van der Waals surface area (Å²) in [5, 5.41) is 13.9. The molecule has 0 unspecified atom stereocenters. The minimum atomic E-state index is -3.09. The molecule has 0 aliphatic rings. The van der Waals surface area contributed by atoms with Crippen LogP contribution in [0.3, 0.4) is 0 Å². The predicted molar refractivity (Wildman–Crippen MR) is 229 cm³/mol. The average Bonchev–Trinajstić information content (AvgIpc) is 3.29. The second kappa shape index (κ2) is 15.1. The number of rotatable bonds is 8. The third-order valence-corrected chi connectivity index (χ3v) is 13.2. The lowest BCUT2D eigenvalue weighted by Crippen LogP contribution is -2.24. The summed E-state index contributed by atoms with van der Waals surface area (Å²) in [6, 6.07) is 63.7. The van der Waals surface area contributed by atoms with Crippen LogP contribution >= 0.6 is 7.14 Å². The van der Waals surface area contributed by atoms with Crippen molar-refractivity contribution in [3.8, 4) is 62.5 Å². The van der Waals surface area contributed by atoms with Gasteiger partial charge in [-0.2, -0.15) is 5.26 Å². The number of hydrogen-bond donors (Lipinski definition) is 0. The quantitative estimate of drug-likeness (QED) is 0.144. The first-order chi connectivity index (χ1) is 28.0. The molecule has 0 spiro atoms. The van der Waals surface area contributed by atoms with E-state index in [9.17, 15) is 14.2 Å². The molecule has 1 heterocycles. The third-order valence-electron chi connectivity index (χ3n) is 10.2. The van der Waals surface area contributed by atoms with Crippen LogP contribution in [0.25, 0.3) is 67.2 Å². The molecule has 0 saturated carbocycles. The molecule has 0 fully saturated rings. The van der Waals surface area contributed by atoms with E-state index in [-0.39, 0.29) is 5.82 Å². The largest absolute Gasteiger partial charge is 0.309 e. The van der Waals surface area contributed by atoms with Crippen LogP contribution in [0.1, 0.15) is 5.56 Å². The molecule has 0 saturated heterocycles. The first kappa shape index (κ1) is 35.4. The monoisotopic (exact) mass is 754 g/mol. The molecule has 57 heavy (non-hydrogen) atoms. The van der Waals surface area contributed by atoms with E-state index in [1.54, 1.807) is 24.3 Å². The predicted octanol–water partition coefficient (Wildman–Crippen LogP) is 11.0. The molecule has 0 radical (unpaired) electrons. The van der Waals surface area contributed by atoms with Gasteiger partial charge in [0.25, 0.3) is 0 Å². The van der Waals surface area contributed by atoms with E-state index in [0.29, 0.717) is 28.6 Å². The third kappa shape index (κ3) is 6.82. The number of fused-ring (bicyclic) bond motifs is 1. The molecule has 5 nitrogen and oxygen atoms in total. The standard InChI is InChI=1S/C50H32FN4OP/c51-40-27-23-39(24-28-40)50-54-48(37-17-15-34(33-52)16-18-37)53-49(55-50)38-21-19-35(20-22-38)44-31-32-45(47-14-8-7-13-46(44)47)36-25-29-43(30-26-36)57(56,41-9-3-1-4-10-41)42-11-5-2-6-12-42/h1-32H. The lowest BCUT2D eigenvalue weighted by Gasteiger charge is -2.20. The van der Waals surface area contributed by atoms with E-state index in [4.69, 9.17) is 15.0 Å². The van der Waals surface area contributed by atoms with E-state index in [2.05, 4.69) is 66.7 Å². The van der Waals surface area contributed by atoms with Gasteiger partial charge in [0.15, 0.2) is 24.6 Å². The van der Waals surface area contributed by atoms with Gasteiger partial charge in [-0.1, -0.05) is 146 Å². The van der Waals surface area contributed by atoms with Gasteiger partial charge >= 0.3 is 0 Å². The summed E-state index contributed by atoms with van der Waals surface area (Å²) in [6.45, 7) is 0. The summed E-state index contributed by atoms with van der Waals surface area (Å²) >= 11 is 0. The highest BCUT2D eigenvalue weighted by atomic mass is 31.2. The summed E-state index contributed by atoms with van der Waals surface area (Å²) in [5.41, 5.74) is 6.96. The Morgan fingerprint density at radius 3 is 1.19 bits per heavy atom. The van der Waals surface area contributed by atoms with Gasteiger partial charge in [-0.05, 0) is 81.6 Å². The van der Waals surface area contributed by atoms with Gasteiger partial charge in [0.1, 0.15) is 5.82 Å². The molecular formula is C50H32FN4OP. The Balaban J connectivity index is 1.07. The minimum Gasteiger partial charge on any atom is -0.309 e. The Hall–Kier alpha value is -7.32. The highest BCUT2D eigenvalue weighted by Crippen LogP contribution is 2.43. The summed E-state index contributed by atoms with van der Waals surface area (Å²) < 4.78 is 28.8. The van der Waals surface area contributed by atoms with Crippen LogP contribution < -0.4 is 15.9 Å². The van der Waals surface area contributed by atoms with Crippen molar-refractivity contribution in [2.45, 2.75) is 0 Å². The molecule has 9 rings (SSSR count). The lowest BCUT2D eigenvalue weighted by atomic mass is 9.92. The summed E-state index contributed by atoms with van der Waals surface area (Å²) in [6.07, 6.45) is 0. The fourth-order valence-corrected chi connectivity index (χ4v) is 9.88. The number of nitrogens with zero attached hydrogens (tertiary/aromatic N) is 4. The molecule has 0 atom stereocenters. The summed E-state index contributed by atoms with van der Waals surface area (Å²) in [5.74, 6) is 0.998. The smallest absolute Gasteiger partial charge is 0.171 e. The summed E-state index contributed by atoms with van der Waals surface area (Å²) in [7, 11) is -3.09. The van der Waals surface area contributed by atoms with E-state index in [1.807, 2.05) is 97.1 Å². The zero-order valence-corrected chi connectivity index (χ0v) is 31.4. The molecule has 7 heteroatoms. The first-order valence-electron chi connectivity index (χ1n) is 18.5. The molecule has 0 aliphatic carbocycles. The first-order valence-corrected chi connectivity index (χ1v) is 20.2. The molecule has 1 aromatic heterocycles. The Kier molecular flexibility index (Phi) is 9.36. The average molecular weight is 755 g/mol.